The lowest BCUT2D eigenvalue weighted by atomic mass is 9.93. The summed E-state index contributed by atoms with van der Waals surface area (Å²) in [6.07, 6.45) is 8.75. The van der Waals surface area contributed by atoms with E-state index in [1.54, 1.807) is 0 Å². The monoisotopic (exact) mass is 186 g/mol. The van der Waals surface area contributed by atoms with E-state index in [0.717, 1.165) is 11.2 Å². The van der Waals surface area contributed by atoms with E-state index in [-0.39, 0.29) is 0 Å². The van der Waals surface area contributed by atoms with Crippen LogP contribution < -0.4 is 0 Å². The molecule has 0 radical (unpaired) electrons. The van der Waals surface area contributed by atoms with Crippen LogP contribution in [0.3, 0.4) is 0 Å². The maximum absolute atomic E-state index is 2.39. The third-order valence-corrected chi connectivity index (χ3v) is 4.04. The van der Waals surface area contributed by atoms with Gasteiger partial charge in [-0.25, -0.2) is 0 Å². The number of rotatable bonds is 4. The lowest BCUT2D eigenvalue weighted by Crippen LogP contribution is -2.15. The van der Waals surface area contributed by atoms with Gasteiger partial charge in [0.05, 0.1) is 0 Å². The van der Waals surface area contributed by atoms with Gasteiger partial charge < -0.3 is 0 Å². The van der Waals surface area contributed by atoms with E-state index < -0.39 is 0 Å². The Kier molecular flexibility index (Phi) is 5.13. The van der Waals surface area contributed by atoms with Crippen molar-refractivity contribution in [3.63, 3.8) is 0 Å². The van der Waals surface area contributed by atoms with Crippen molar-refractivity contribution in [1.29, 1.82) is 0 Å². The van der Waals surface area contributed by atoms with Crippen molar-refractivity contribution in [2.75, 3.05) is 5.75 Å². The zero-order valence-corrected chi connectivity index (χ0v) is 9.33. The molecule has 0 aliphatic carbocycles. The normalized spacial score (nSPS) is 30.5. The summed E-state index contributed by atoms with van der Waals surface area (Å²) in [5, 5.41) is 0.936. The summed E-state index contributed by atoms with van der Waals surface area (Å²) >= 11 is 2.16. The molecule has 0 unspecified atom stereocenters. The Bertz CT molecular complexity index is 112. The Morgan fingerprint density at radius 2 is 2.17 bits per heavy atom. The van der Waals surface area contributed by atoms with Crippen molar-refractivity contribution in [2.24, 2.45) is 5.92 Å². The molecule has 0 N–H and O–H groups in total. The fourth-order valence-electron chi connectivity index (χ4n) is 2.04. The van der Waals surface area contributed by atoms with Crippen molar-refractivity contribution in [3.05, 3.63) is 0 Å². The number of hydrogen-bond acceptors (Lipinski definition) is 1. The van der Waals surface area contributed by atoms with Gasteiger partial charge >= 0.3 is 0 Å². The second-order valence-corrected chi connectivity index (χ2v) is 5.61. The molecule has 12 heavy (non-hydrogen) atoms. The molecule has 0 amide bonds. The fraction of sp³-hybridized carbons (Fsp3) is 1.00. The van der Waals surface area contributed by atoms with E-state index in [4.69, 9.17) is 0 Å². The maximum atomic E-state index is 2.39. The summed E-state index contributed by atoms with van der Waals surface area (Å²) in [4.78, 5) is 0. The van der Waals surface area contributed by atoms with E-state index >= 15 is 0 Å². The zero-order valence-electron chi connectivity index (χ0n) is 8.51. The molecule has 0 spiro atoms. The molecule has 0 aromatic rings. The predicted molar refractivity (Wildman–Crippen MR) is 58.8 cm³/mol. The lowest BCUT2D eigenvalue weighted by molar-refractivity contribution is 0.409. The van der Waals surface area contributed by atoms with Gasteiger partial charge in [-0.1, -0.05) is 39.5 Å². The van der Waals surface area contributed by atoms with Crippen molar-refractivity contribution in [1.82, 2.24) is 0 Å². The Hall–Kier alpha value is 0.350. The van der Waals surface area contributed by atoms with Crippen LogP contribution in [0.4, 0.5) is 0 Å². The van der Waals surface area contributed by atoms with Gasteiger partial charge in [0, 0.05) is 5.25 Å². The molecule has 1 heterocycles. The first-order valence-corrected chi connectivity index (χ1v) is 6.49. The van der Waals surface area contributed by atoms with E-state index in [2.05, 4.69) is 25.6 Å². The first-order chi connectivity index (χ1) is 5.83. The summed E-state index contributed by atoms with van der Waals surface area (Å²) in [6.45, 7) is 4.68. The van der Waals surface area contributed by atoms with Crippen molar-refractivity contribution in [3.8, 4) is 0 Å². The van der Waals surface area contributed by atoms with Gasteiger partial charge in [0.15, 0.2) is 0 Å². The Morgan fingerprint density at radius 3 is 2.83 bits per heavy atom. The van der Waals surface area contributed by atoms with Crippen molar-refractivity contribution in [2.45, 2.75) is 57.6 Å². The van der Waals surface area contributed by atoms with Crippen LogP contribution in [-0.2, 0) is 0 Å². The average molecular weight is 186 g/mol. The lowest BCUT2D eigenvalue weighted by Gasteiger charge is -2.26. The third-order valence-electron chi connectivity index (χ3n) is 2.81. The minimum atomic E-state index is 0.936. The fourth-order valence-corrected chi connectivity index (χ4v) is 3.32. The molecule has 0 aromatic carbocycles. The highest BCUT2D eigenvalue weighted by Gasteiger charge is 2.18. The quantitative estimate of drug-likeness (QED) is 0.596. The minimum absolute atomic E-state index is 0.936. The number of hydrogen-bond donors (Lipinski definition) is 0. The van der Waals surface area contributed by atoms with Crippen LogP contribution >= 0.6 is 11.8 Å². The van der Waals surface area contributed by atoms with Gasteiger partial charge in [-0.3, -0.25) is 0 Å². The second kappa shape index (κ2) is 5.90. The smallest absolute Gasteiger partial charge is 0.00213 e. The number of unbranched alkanes of at least 4 members (excludes halogenated alkanes) is 2. The van der Waals surface area contributed by atoms with Crippen LogP contribution in [-0.4, -0.2) is 11.0 Å². The molecule has 1 fully saturated rings. The molecule has 0 saturated carbocycles. The molecule has 0 nitrogen and oxygen atoms in total. The highest BCUT2D eigenvalue weighted by Crippen LogP contribution is 2.32. The van der Waals surface area contributed by atoms with Crippen LogP contribution in [0, 0.1) is 5.92 Å². The summed E-state index contributed by atoms with van der Waals surface area (Å²) in [6, 6.07) is 0. The molecule has 2 atom stereocenters. The van der Waals surface area contributed by atoms with E-state index in [0.29, 0.717) is 0 Å². The zero-order chi connectivity index (χ0) is 8.81. The molecule has 1 aliphatic rings. The first-order valence-electron chi connectivity index (χ1n) is 5.44. The van der Waals surface area contributed by atoms with E-state index in [1.807, 2.05) is 0 Å². The standard InChI is InChI=1S/C11H22S/c1-3-4-5-6-11-7-8-12-10(2)9-11/h10-11H,3-9H2,1-2H3/t10-,11+/m0/s1. The molecule has 0 aromatic heterocycles. The van der Waals surface area contributed by atoms with Crippen molar-refractivity contribution < 1.29 is 0 Å². The van der Waals surface area contributed by atoms with Gasteiger partial charge in [-0.2, -0.15) is 11.8 Å². The van der Waals surface area contributed by atoms with E-state index in [9.17, 15) is 0 Å². The Balaban J connectivity index is 2.06. The largest absolute Gasteiger partial charge is 0.159 e. The molecule has 1 rings (SSSR count). The second-order valence-electron chi connectivity index (χ2n) is 4.07. The Labute approximate surface area is 81.5 Å². The summed E-state index contributed by atoms with van der Waals surface area (Å²) in [5.74, 6) is 2.48. The molecule has 72 valence electrons. The maximum Gasteiger partial charge on any atom is 0.00213 e. The SMILES string of the molecule is CCCCC[C@@H]1CCS[C@@H](C)C1. The highest BCUT2D eigenvalue weighted by molar-refractivity contribution is 7.99. The van der Waals surface area contributed by atoms with E-state index in [1.165, 1.54) is 44.3 Å². The van der Waals surface area contributed by atoms with Crippen LogP contribution in [0.5, 0.6) is 0 Å². The summed E-state index contributed by atoms with van der Waals surface area (Å²) < 4.78 is 0. The van der Waals surface area contributed by atoms with Gasteiger partial charge in [0.25, 0.3) is 0 Å². The predicted octanol–water partition coefficient (Wildman–Crippen LogP) is 4.10. The molecule has 1 aliphatic heterocycles. The van der Waals surface area contributed by atoms with Gasteiger partial charge in [-0.05, 0) is 24.5 Å². The van der Waals surface area contributed by atoms with Crippen LogP contribution in [0.1, 0.15) is 52.4 Å². The topological polar surface area (TPSA) is 0 Å². The highest BCUT2D eigenvalue weighted by atomic mass is 32.2. The van der Waals surface area contributed by atoms with Crippen LogP contribution in [0.25, 0.3) is 0 Å². The van der Waals surface area contributed by atoms with Gasteiger partial charge in [0.2, 0.25) is 0 Å². The molecule has 1 saturated heterocycles. The van der Waals surface area contributed by atoms with Gasteiger partial charge in [0.1, 0.15) is 0 Å². The van der Waals surface area contributed by atoms with Crippen LogP contribution in [0.15, 0.2) is 0 Å². The van der Waals surface area contributed by atoms with Crippen LogP contribution in [0.2, 0.25) is 0 Å². The minimum Gasteiger partial charge on any atom is -0.159 e. The van der Waals surface area contributed by atoms with Gasteiger partial charge in [-0.15, -0.1) is 0 Å². The summed E-state index contributed by atoms with van der Waals surface area (Å²) in [5.41, 5.74) is 0. The third kappa shape index (κ3) is 3.84. The summed E-state index contributed by atoms with van der Waals surface area (Å²) in [7, 11) is 0. The molecular weight excluding hydrogens is 164 g/mol. The van der Waals surface area contributed by atoms with Crippen molar-refractivity contribution >= 4 is 11.8 Å². The Morgan fingerprint density at radius 1 is 1.33 bits per heavy atom. The molecular formula is C11H22S. The molecule has 1 heteroatoms. The number of thioether (sulfide) groups is 1. The molecule has 0 bridgehead atoms. The average Bonchev–Trinajstić information content (AvgIpc) is 2.05. The first kappa shape index (κ1) is 10.4.